The first-order valence-corrected chi connectivity index (χ1v) is 7.37. The molecule has 0 saturated heterocycles. The highest BCUT2D eigenvalue weighted by Crippen LogP contribution is 2.19. The Labute approximate surface area is 138 Å². The maximum Gasteiger partial charge on any atom is 0.344 e. The van der Waals surface area contributed by atoms with Crippen LogP contribution < -0.4 is 4.57 Å². The second-order valence-corrected chi connectivity index (χ2v) is 5.17. The standard InChI is InChI=1S/C17H17N2O5/c1-3-24-17(21)14-5-4-8-18(10-14)11-16(20)13-7-6-12(2)15(9-13)19(22)23/h4-10H,3,11H2,1-2H3/q+1. The van der Waals surface area contributed by atoms with Crippen LogP contribution in [0.3, 0.4) is 0 Å². The van der Waals surface area contributed by atoms with E-state index in [2.05, 4.69) is 0 Å². The van der Waals surface area contributed by atoms with Crippen molar-refractivity contribution in [3.05, 3.63) is 69.5 Å². The largest absolute Gasteiger partial charge is 0.462 e. The molecule has 0 aliphatic rings. The third-order valence-corrected chi connectivity index (χ3v) is 3.42. The first-order chi connectivity index (χ1) is 11.4. The van der Waals surface area contributed by atoms with Crippen molar-refractivity contribution in [1.82, 2.24) is 0 Å². The number of esters is 1. The quantitative estimate of drug-likeness (QED) is 0.266. The van der Waals surface area contributed by atoms with Gasteiger partial charge in [0.1, 0.15) is 5.56 Å². The number of rotatable bonds is 6. The predicted molar refractivity (Wildman–Crippen MR) is 84.8 cm³/mol. The van der Waals surface area contributed by atoms with Crippen LogP contribution in [0, 0.1) is 17.0 Å². The smallest absolute Gasteiger partial charge is 0.344 e. The number of ether oxygens (including phenoxy) is 1. The molecule has 0 bridgehead atoms. The molecule has 0 spiro atoms. The third-order valence-electron chi connectivity index (χ3n) is 3.42. The van der Waals surface area contributed by atoms with Crippen LogP contribution in [0.2, 0.25) is 0 Å². The molecular formula is C17H17N2O5+. The van der Waals surface area contributed by atoms with E-state index in [0.29, 0.717) is 11.1 Å². The van der Waals surface area contributed by atoms with Gasteiger partial charge in [-0.3, -0.25) is 14.9 Å². The van der Waals surface area contributed by atoms with Crippen molar-refractivity contribution in [1.29, 1.82) is 0 Å². The normalized spacial score (nSPS) is 10.2. The Balaban J connectivity index is 2.21. The van der Waals surface area contributed by atoms with Crippen LogP contribution in [0.1, 0.15) is 33.2 Å². The number of ketones is 1. The molecule has 0 aliphatic heterocycles. The molecule has 2 rings (SSSR count). The second kappa shape index (κ2) is 7.45. The van der Waals surface area contributed by atoms with Gasteiger partial charge >= 0.3 is 5.97 Å². The molecule has 0 radical (unpaired) electrons. The van der Waals surface area contributed by atoms with Crippen LogP contribution in [0.25, 0.3) is 0 Å². The van der Waals surface area contributed by atoms with Gasteiger partial charge in [0.15, 0.2) is 12.4 Å². The van der Waals surface area contributed by atoms with Gasteiger partial charge in [0, 0.05) is 23.3 Å². The van der Waals surface area contributed by atoms with Crippen LogP contribution in [-0.2, 0) is 11.3 Å². The first kappa shape index (κ1) is 17.3. The number of carbonyl (C=O) groups excluding carboxylic acids is 2. The number of benzene rings is 1. The summed E-state index contributed by atoms with van der Waals surface area (Å²) < 4.78 is 6.46. The lowest BCUT2D eigenvalue weighted by Crippen LogP contribution is -2.38. The van der Waals surface area contributed by atoms with Crippen molar-refractivity contribution in [2.24, 2.45) is 0 Å². The average Bonchev–Trinajstić information content (AvgIpc) is 2.55. The average molecular weight is 329 g/mol. The highest BCUT2D eigenvalue weighted by Gasteiger charge is 2.19. The Morgan fingerprint density at radius 1 is 1.25 bits per heavy atom. The Bertz CT molecular complexity index is 801. The number of aromatic nitrogens is 1. The van der Waals surface area contributed by atoms with Gasteiger partial charge in [-0.1, -0.05) is 12.1 Å². The van der Waals surface area contributed by atoms with E-state index in [-0.39, 0.29) is 30.2 Å². The highest BCUT2D eigenvalue weighted by molar-refractivity contribution is 5.95. The predicted octanol–water partition coefficient (Wildman–Crippen LogP) is 2.25. The highest BCUT2D eigenvalue weighted by atomic mass is 16.6. The zero-order valence-corrected chi connectivity index (χ0v) is 13.4. The molecule has 0 fully saturated rings. The Kier molecular flexibility index (Phi) is 5.36. The molecular weight excluding hydrogens is 312 g/mol. The fraction of sp³-hybridized carbons (Fsp3) is 0.235. The van der Waals surface area contributed by atoms with E-state index in [1.165, 1.54) is 12.3 Å². The summed E-state index contributed by atoms with van der Waals surface area (Å²) in [6.45, 7) is 3.56. The first-order valence-electron chi connectivity index (χ1n) is 7.37. The number of hydrogen-bond donors (Lipinski definition) is 0. The van der Waals surface area contributed by atoms with Crippen molar-refractivity contribution in [2.45, 2.75) is 20.4 Å². The van der Waals surface area contributed by atoms with Crippen LogP contribution in [0.15, 0.2) is 42.7 Å². The fourth-order valence-corrected chi connectivity index (χ4v) is 2.19. The molecule has 0 N–H and O–H groups in total. The molecule has 2 aromatic rings. The number of nitro groups is 1. The summed E-state index contributed by atoms with van der Waals surface area (Å²) >= 11 is 0. The molecule has 0 aliphatic carbocycles. The minimum absolute atomic E-state index is 0.0343. The van der Waals surface area contributed by atoms with Gasteiger partial charge in [-0.05, 0) is 19.9 Å². The van der Waals surface area contributed by atoms with Gasteiger partial charge < -0.3 is 4.74 Å². The Morgan fingerprint density at radius 3 is 2.67 bits per heavy atom. The molecule has 0 unspecified atom stereocenters. The molecule has 0 amide bonds. The number of carbonyl (C=O) groups is 2. The van der Waals surface area contributed by atoms with E-state index in [1.807, 2.05) is 0 Å². The minimum Gasteiger partial charge on any atom is -0.462 e. The van der Waals surface area contributed by atoms with Crippen molar-refractivity contribution < 1.29 is 23.8 Å². The molecule has 1 aromatic heterocycles. The SMILES string of the molecule is CCOC(=O)c1ccc[n+](CC(=O)c2ccc(C)c([N+](=O)[O-])c2)c1. The van der Waals surface area contributed by atoms with E-state index < -0.39 is 10.9 Å². The summed E-state index contributed by atoms with van der Waals surface area (Å²) in [5.41, 5.74) is 0.989. The number of Topliss-reactive ketones (excluding diaryl/α,β-unsaturated/α-hetero) is 1. The van der Waals surface area contributed by atoms with E-state index in [9.17, 15) is 19.7 Å². The second-order valence-electron chi connectivity index (χ2n) is 5.17. The number of pyridine rings is 1. The van der Waals surface area contributed by atoms with Gasteiger partial charge in [-0.15, -0.1) is 0 Å². The molecule has 0 atom stereocenters. The Morgan fingerprint density at radius 2 is 2.00 bits per heavy atom. The van der Waals surface area contributed by atoms with Gasteiger partial charge in [0.25, 0.3) is 5.69 Å². The summed E-state index contributed by atoms with van der Waals surface area (Å²) in [5, 5.41) is 11.0. The lowest BCUT2D eigenvalue weighted by atomic mass is 10.1. The molecule has 7 heteroatoms. The molecule has 7 nitrogen and oxygen atoms in total. The minimum atomic E-state index is -0.513. The fourth-order valence-electron chi connectivity index (χ4n) is 2.19. The summed E-state index contributed by atoms with van der Waals surface area (Å²) in [6, 6.07) is 7.60. The zero-order valence-electron chi connectivity index (χ0n) is 13.4. The van der Waals surface area contributed by atoms with Crippen molar-refractivity contribution >= 4 is 17.4 Å². The van der Waals surface area contributed by atoms with Gasteiger partial charge in [-0.2, -0.15) is 4.57 Å². The van der Waals surface area contributed by atoms with Gasteiger partial charge in [0.2, 0.25) is 12.3 Å². The summed E-state index contributed by atoms with van der Waals surface area (Å²) in [4.78, 5) is 34.5. The van der Waals surface area contributed by atoms with Gasteiger partial charge in [-0.25, -0.2) is 4.79 Å². The van der Waals surface area contributed by atoms with Crippen LogP contribution in [0.5, 0.6) is 0 Å². The van der Waals surface area contributed by atoms with Crippen molar-refractivity contribution in [2.75, 3.05) is 6.61 Å². The number of nitrogens with zero attached hydrogens (tertiary/aromatic N) is 2. The van der Waals surface area contributed by atoms with E-state index in [4.69, 9.17) is 4.74 Å². The summed E-state index contributed by atoms with van der Waals surface area (Å²) in [7, 11) is 0. The molecule has 24 heavy (non-hydrogen) atoms. The van der Waals surface area contributed by atoms with Crippen molar-refractivity contribution in [3.63, 3.8) is 0 Å². The summed E-state index contributed by atoms with van der Waals surface area (Å²) in [6.07, 6.45) is 3.15. The monoisotopic (exact) mass is 329 g/mol. The molecule has 124 valence electrons. The number of nitro benzene ring substituents is 1. The van der Waals surface area contributed by atoms with Crippen LogP contribution >= 0.6 is 0 Å². The lowest BCUT2D eigenvalue weighted by Gasteiger charge is -2.03. The molecule has 1 heterocycles. The molecule has 1 aromatic carbocycles. The van der Waals surface area contributed by atoms with E-state index in [0.717, 1.165) is 0 Å². The van der Waals surface area contributed by atoms with Gasteiger partial charge in [0.05, 0.1) is 11.5 Å². The third kappa shape index (κ3) is 4.01. The zero-order chi connectivity index (χ0) is 17.7. The maximum atomic E-state index is 12.3. The molecule has 0 saturated carbocycles. The number of hydrogen-bond acceptors (Lipinski definition) is 5. The maximum absolute atomic E-state index is 12.3. The van der Waals surface area contributed by atoms with Crippen LogP contribution in [0.4, 0.5) is 5.69 Å². The van der Waals surface area contributed by atoms with Crippen LogP contribution in [-0.4, -0.2) is 23.3 Å². The number of aryl methyl sites for hydroxylation is 1. The van der Waals surface area contributed by atoms with E-state index in [1.54, 1.807) is 48.9 Å². The topological polar surface area (TPSA) is 90.4 Å². The van der Waals surface area contributed by atoms with Crippen molar-refractivity contribution in [3.8, 4) is 0 Å². The Hall–Kier alpha value is -3.09. The lowest BCUT2D eigenvalue weighted by molar-refractivity contribution is -0.683. The summed E-state index contributed by atoms with van der Waals surface area (Å²) in [5.74, 6) is -0.755. The van der Waals surface area contributed by atoms with E-state index >= 15 is 0 Å².